The molecule has 1 heterocycles. The van der Waals surface area contributed by atoms with Gasteiger partial charge in [-0.25, -0.2) is 0 Å². The second kappa shape index (κ2) is 9.27. The second-order valence-corrected chi connectivity index (χ2v) is 8.81. The Hall–Kier alpha value is -2.24. The first kappa shape index (κ1) is 21.0. The average Bonchev–Trinajstić information content (AvgIpc) is 3.60. The van der Waals surface area contributed by atoms with Gasteiger partial charge in [0.05, 0.1) is 13.7 Å². The van der Waals surface area contributed by atoms with Crippen molar-refractivity contribution < 1.29 is 19.1 Å². The molecule has 1 aromatic rings. The Kier molecular flexibility index (Phi) is 6.49. The zero-order valence-electron chi connectivity index (χ0n) is 18.3. The van der Waals surface area contributed by atoms with E-state index in [0.29, 0.717) is 18.1 Å². The van der Waals surface area contributed by atoms with Gasteiger partial charge in [0.1, 0.15) is 12.6 Å². The van der Waals surface area contributed by atoms with Crippen LogP contribution in [0.15, 0.2) is 18.2 Å². The number of rotatable bonds is 7. The van der Waals surface area contributed by atoms with Gasteiger partial charge in [-0.3, -0.25) is 9.59 Å². The molecule has 30 heavy (non-hydrogen) atoms. The van der Waals surface area contributed by atoms with Gasteiger partial charge in [-0.15, -0.1) is 0 Å². The molecular weight excluding hydrogens is 380 g/mol. The van der Waals surface area contributed by atoms with Crippen molar-refractivity contribution in [3.63, 3.8) is 0 Å². The highest BCUT2D eigenvalue weighted by molar-refractivity contribution is 5.96. The van der Waals surface area contributed by atoms with Crippen LogP contribution in [0.5, 0.6) is 11.5 Å². The van der Waals surface area contributed by atoms with Gasteiger partial charge in [0.25, 0.3) is 5.91 Å². The van der Waals surface area contributed by atoms with Crippen LogP contribution in [0.4, 0.5) is 0 Å². The van der Waals surface area contributed by atoms with Crippen molar-refractivity contribution in [3.05, 3.63) is 23.8 Å². The minimum absolute atomic E-state index is 0.0673. The SMILES string of the molecule is CCCOc1ccc([C@@H]2C(=O)N(C3CCCCCC3)CC(=O)N2C2CC2)cc1OC. The number of carbonyl (C=O) groups excluding carboxylic acids is 2. The molecule has 0 aromatic heterocycles. The Balaban J connectivity index is 1.65. The number of hydrogen-bond donors (Lipinski definition) is 0. The van der Waals surface area contributed by atoms with Crippen LogP contribution in [0.2, 0.25) is 0 Å². The summed E-state index contributed by atoms with van der Waals surface area (Å²) < 4.78 is 11.3. The van der Waals surface area contributed by atoms with Crippen LogP contribution in [0.1, 0.15) is 76.3 Å². The number of methoxy groups -OCH3 is 1. The molecule has 2 aliphatic carbocycles. The van der Waals surface area contributed by atoms with E-state index in [2.05, 4.69) is 6.92 Å². The van der Waals surface area contributed by atoms with Gasteiger partial charge in [-0.05, 0) is 49.8 Å². The Bertz CT molecular complexity index is 768. The molecule has 1 aromatic carbocycles. The molecule has 6 heteroatoms. The predicted octanol–water partition coefficient (Wildman–Crippen LogP) is 4.08. The number of benzene rings is 1. The van der Waals surface area contributed by atoms with Gasteiger partial charge in [0, 0.05) is 12.1 Å². The summed E-state index contributed by atoms with van der Waals surface area (Å²) in [5, 5.41) is 0. The van der Waals surface area contributed by atoms with E-state index in [1.165, 1.54) is 12.8 Å². The molecule has 2 amide bonds. The highest BCUT2D eigenvalue weighted by Gasteiger charge is 2.48. The predicted molar refractivity (Wildman–Crippen MR) is 115 cm³/mol. The first-order chi connectivity index (χ1) is 14.6. The summed E-state index contributed by atoms with van der Waals surface area (Å²) in [7, 11) is 1.61. The topological polar surface area (TPSA) is 59.1 Å². The van der Waals surface area contributed by atoms with Crippen molar-refractivity contribution in [1.82, 2.24) is 9.80 Å². The summed E-state index contributed by atoms with van der Waals surface area (Å²) in [6, 6.07) is 5.49. The fourth-order valence-electron chi connectivity index (χ4n) is 4.86. The normalized spacial score (nSPS) is 23.5. The van der Waals surface area contributed by atoms with Crippen molar-refractivity contribution in [2.45, 2.75) is 82.8 Å². The number of hydrogen-bond acceptors (Lipinski definition) is 4. The molecule has 6 nitrogen and oxygen atoms in total. The zero-order chi connectivity index (χ0) is 21.1. The first-order valence-corrected chi connectivity index (χ1v) is 11.6. The summed E-state index contributed by atoms with van der Waals surface area (Å²) in [6.07, 6.45) is 9.59. The minimum Gasteiger partial charge on any atom is -0.493 e. The smallest absolute Gasteiger partial charge is 0.250 e. The van der Waals surface area contributed by atoms with Crippen LogP contribution in [0, 0.1) is 0 Å². The molecule has 0 bridgehead atoms. The molecule has 1 saturated heterocycles. The van der Waals surface area contributed by atoms with Crippen LogP contribution < -0.4 is 9.47 Å². The van der Waals surface area contributed by atoms with Crippen molar-refractivity contribution in [3.8, 4) is 11.5 Å². The average molecular weight is 415 g/mol. The van der Waals surface area contributed by atoms with E-state index in [1.807, 2.05) is 28.0 Å². The van der Waals surface area contributed by atoms with Gasteiger partial charge in [0.15, 0.2) is 11.5 Å². The maximum Gasteiger partial charge on any atom is 0.250 e. The maximum atomic E-state index is 13.7. The molecule has 1 atom stereocenters. The molecule has 0 N–H and O–H groups in total. The standard InChI is InChI=1S/C24H34N2O4/c1-3-14-30-20-13-10-17(15-21(20)29-2)23-24(28)25(18-8-6-4-5-7-9-18)16-22(27)26(23)19-11-12-19/h10,13,15,18-19,23H,3-9,11-12,14,16H2,1-2H3/t23-/m1/s1. The molecule has 164 valence electrons. The fourth-order valence-corrected chi connectivity index (χ4v) is 4.86. The molecule has 0 unspecified atom stereocenters. The van der Waals surface area contributed by atoms with Crippen molar-refractivity contribution in [2.24, 2.45) is 0 Å². The second-order valence-electron chi connectivity index (χ2n) is 8.81. The van der Waals surface area contributed by atoms with Crippen LogP contribution in [0.3, 0.4) is 0 Å². The van der Waals surface area contributed by atoms with Crippen molar-refractivity contribution in [1.29, 1.82) is 0 Å². The molecule has 3 fully saturated rings. The summed E-state index contributed by atoms with van der Waals surface area (Å²) >= 11 is 0. The Morgan fingerprint density at radius 1 is 0.967 bits per heavy atom. The third-order valence-corrected chi connectivity index (χ3v) is 6.56. The fraction of sp³-hybridized carbons (Fsp3) is 0.667. The van der Waals surface area contributed by atoms with Crippen LogP contribution >= 0.6 is 0 Å². The highest BCUT2D eigenvalue weighted by atomic mass is 16.5. The maximum absolute atomic E-state index is 13.7. The number of ether oxygens (including phenoxy) is 2. The lowest BCUT2D eigenvalue weighted by Crippen LogP contribution is -2.58. The Morgan fingerprint density at radius 2 is 1.70 bits per heavy atom. The quantitative estimate of drug-likeness (QED) is 0.631. The number of nitrogens with zero attached hydrogens (tertiary/aromatic N) is 2. The molecule has 1 aliphatic heterocycles. The van der Waals surface area contributed by atoms with Gasteiger partial charge >= 0.3 is 0 Å². The van der Waals surface area contributed by atoms with E-state index >= 15 is 0 Å². The number of amides is 2. The number of piperazine rings is 1. The third kappa shape index (κ3) is 4.28. The van der Waals surface area contributed by atoms with E-state index in [0.717, 1.165) is 50.5 Å². The van der Waals surface area contributed by atoms with Gasteiger partial charge in [-0.1, -0.05) is 38.7 Å². The lowest BCUT2D eigenvalue weighted by atomic mass is 9.97. The summed E-state index contributed by atoms with van der Waals surface area (Å²) in [6.45, 7) is 2.90. The number of carbonyl (C=O) groups is 2. The van der Waals surface area contributed by atoms with E-state index in [-0.39, 0.29) is 30.4 Å². The van der Waals surface area contributed by atoms with E-state index < -0.39 is 6.04 Å². The monoisotopic (exact) mass is 414 g/mol. The molecular formula is C24H34N2O4. The summed E-state index contributed by atoms with van der Waals surface area (Å²) in [5.41, 5.74) is 0.819. The van der Waals surface area contributed by atoms with E-state index in [1.54, 1.807) is 7.11 Å². The lowest BCUT2D eigenvalue weighted by Gasteiger charge is -2.44. The van der Waals surface area contributed by atoms with Crippen LogP contribution in [0.25, 0.3) is 0 Å². The van der Waals surface area contributed by atoms with E-state index in [4.69, 9.17) is 9.47 Å². The molecule has 0 radical (unpaired) electrons. The minimum atomic E-state index is -0.559. The Labute approximate surface area is 179 Å². The largest absolute Gasteiger partial charge is 0.493 e. The molecule has 2 saturated carbocycles. The lowest BCUT2D eigenvalue weighted by molar-refractivity contribution is -0.159. The van der Waals surface area contributed by atoms with Crippen LogP contribution in [-0.2, 0) is 9.59 Å². The molecule has 0 spiro atoms. The van der Waals surface area contributed by atoms with Crippen molar-refractivity contribution >= 4 is 11.8 Å². The molecule has 4 rings (SSSR count). The Morgan fingerprint density at radius 3 is 2.33 bits per heavy atom. The zero-order valence-corrected chi connectivity index (χ0v) is 18.3. The van der Waals surface area contributed by atoms with Gasteiger partial charge < -0.3 is 19.3 Å². The van der Waals surface area contributed by atoms with Crippen LogP contribution in [-0.4, -0.2) is 54.0 Å². The third-order valence-electron chi connectivity index (χ3n) is 6.56. The van der Waals surface area contributed by atoms with Crippen molar-refractivity contribution in [2.75, 3.05) is 20.3 Å². The summed E-state index contributed by atoms with van der Waals surface area (Å²) in [4.78, 5) is 30.6. The highest BCUT2D eigenvalue weighted by Crippen LogP contribution is 2.41. The summed E-state index contributed by atoms with van der Waals surface area (Å²) in [5.74, 6) is 1.44. The van der Waals surface area contributed by atoms with Gasteiger partial charge in [-0.2, -0.15) is 0 Å². The van der Waals surface area contributed by atoms with Gasteiger partial charge in [0.2, 0.25) is 5.91 Å². The molecule has 3 aliphatic rings. The first-order valence-electron chi connectivity index (χ1n) is 11.6. The van der Waals surface area contributed by atoms with E-state index in [9.17, 15) is 9.59 Å².